The zero-order chi connectivity index (χ0) is 28.5. The number of benzene rings is 3. The highest BCUT2D eigenvalue weighted by Gasteiger charge is 2.18. The Labute approximate surface area is 235 Å². The molecule has 0 saturated carbocycles. The Balaban J connectivity index is 1.66. The number of unbranched alkanes of at least 4 members (excludes halogenated alkanes) is 1. The number of aromatic nitrogens is 1. The molecule has 1 atom stereocenters. The standard InChI is InChI=1S/C33H35N3O4/c1-23(27-15-6-5-7-16-27)14-8-11-19-31(35-40-26(4)38)30-22-36(33-21-13-10-18-29(30)33)32-20-12-9-17-28(32)24(2)34-39-25(3)37/h5-7,9-10,12-13,15-18,20-23H,8,11,14,19H2,1-4H3/b34-24+,35-31+. The van der Waals surface area contributed by atoms with Gasteiger partial charge in [0.2, 0.25) is 0 Å². The Bertz CT molecular complexity index is 1540. The lowest BCUT2D eigenvalue weighted by Crippen LogP contribution is -2.06. The molecule has 0 aliphatic carbocycles. The molecule has 4 rings (SSSR count). The second-order valence-electron chi connectivity index (χ2n) is 9.89. The highest BCUT2D eigenvalue weighted by molar-refractivity contribution is 6.11. The first-order valence-corrected chi connectivity index (χ1v) is 13.6. The van der Waals surface area contributed by atoms with Crippen LogP contribution in [0, 0.1) is 0 Å². The lowest BCUT2D eigenvalue weighted by Gasteiger charge is -2.12. The van der Waals surface area contributed by atoms with Crippen LogP contribution in [0.3, 0.4) is 0 Å². The van der Waals surface area contributed by atoms with Gasteiger partial charge in [-0.1, -0.05) is 90.4 Å². The van der Waals surface area contributed by atoms with E-state index < -0.39 is 11.9 Å². The Morgan fingerprint density at radius 1 is 0.775 bits per heavy atom. The molecule has 7 nitrogen and oxygen atoms in total. The molecule has 0 bridgehead atoms. The van der Waals surface area contributed by atoms with Crippen molar-refractivity contribution in [3.63, 3.8) is 0 Å². The maximum absolute atomic E-state index is 11.7. The van der Waals surface area contributed by atoms with Crippen molar-refractivity contribution in [1.82, 2.24) is 4.57 Å². The zero-order valence-corrected chi connectivity index (χ0v) is 23.5. The number of para-hydroxylation sites is 2. The Morgan fingerprint density at radius 3 is 2.17 bits per heavy atom. The molecule has 1 aromatic heterocycles. The van der Waals surface area contributed by atoms with Crippen molar-refractivity contribution >= 4 is 34.3 Å². The lowest BCUT2D eigenvalue weighted by atomic mass is 9.94. The molecule has 206 valence electrons. The fraction of sp³-hybridized carbons (Fsp3) is 0.273. The van der Waals surface area contributed by atoms with Crippen LogP contribution < -0.4 is 0 Å². The third-order valence-corrected chi connectivity index (χ3v) is 6.84. The first kappa shape index (κ1) is 28.5. The number of oxime groups is 2. The summed E-state index contributed by atoms with van der Waals surface area (Å²) in [5, 5.41) is 9.31. The molecular weight excluding hydrogens is 502 g/mol. The maximum Gasteiger partial charge on any atom is 0.331 e. The van der Waals surface area contributed by atoms with E-state index >= 15 is 0 Å². The average molecular weight is 538 g/mol. The molecule has 0 aliphatic rings. The smallest absolute Gasteiger partial charge is 0.318 e. The number of carbonyl (C=O) groups excluding carboxylic acids is 2. The molecule has 0 fully saturated rings. The molecule has 0 amide bonds. The fourth-order valence-corrected chi connectivity index (χ4v) is 4.82. The van der Waals surface area contributed by atoms with Gasteiger partial charge in [-0.3, -0.25) is 0 Å². The van der Waals surface area contributed by atoms with Gasteiger partial charge in [0.05, 0.1) is 22.6 Å². The summed E-state index contributed by atoms with van der Waals surface area (Å²) in [7, 11) is 0. The molecule has 0 aliphatic heterocycles. The van der Waals surface area contributed by atoms with E-state index in [9.17, 15) is 9.59 Å². The van der Waals surface area contributed by atoms with Gasteiger partial charge < -0.3 is 14.2 Å². The first-order chi connectivity index (χ1) is 19.3. The molecule has 0 N–H and O–H groups in total. The molecule has 40 heavy (non-hydrogen) atoms. The van der Waals surface area contributed by atoms with Gasteiger partial charge in [0.25, 0.3) is 0 Å². The fourth-order valence-electron chi connectivity index (χ4n) is 4.82. The predicted molar refractivity (Wildman–Crippen MR) is 159 cm³/mol. The topological polar surface area (TPSA) is 82.2 Å². The zero-order valence-electron chi connectivity index (χ0n) is 23.5. The number of carbonyl (C=O) groups is 2. The van der Waals surface area contributed by atoms with Crippen LogP contribution in [-0.4, -0.2) is 27.9 Å². The number of rotatable bonds is 11. The van der Waals surface area contributed by atoms with Crippen LogP contribution >= 0.6 is 0 Å². The van der Waals surface area contributed by atoms with Crippen molar-refractivity contribution in [2.45, 2.75) is 59.3 Å². The summed E-state index contributed by atoms with van der Waals surface area (Å²) in [5.41, 5.74) is 6.21. The monoisotopic (exact) mass is 537 g/mol. The van der Waals surface area contributed by atoms with Gasteiger partial charge >= 0.3 is 11.9 Å². The predicted octanol–water partition coefficient (Wildman–Crippen LogP) is 7.55. The minimum atomic E-state index is -0.477. The summed E-state index contributed by atoms with van der Waals surface area (Å²) >= 11 is 0. The van der Waals surface area contributed by atoms with Crippen molar-refractivity contribution in [3.05, 3.63) is 102 Å². The van der Waals surface area contributed by atoms with Crippen molar-refractivity contribution < 1.29 is 19.3 Å². The average Bonchev–Trinajstić information content (AvgIpc) is 3.35. The second kappa shape index (κ2) is 13.5. The van der Waals surface area contributed by atoms with E-state index in [1.807, 2.05) is 60.8 Å². The molecule has 7 heteroatoms. The lowest BCUT2D eigenvalue weighted by molar-refractivity contribution is -0.141. The van der Waals surface area contributed by atoms with E-state index in [0.717, 1.165) is 52.7 Å². The molecular formula is C33H35N3O4. The summed E-state index contributed by atoms with van der Waals surface area (Å²) in [6.07, 6.45) is 5.67. The Morgan fingerprint density at radius 2 is 1.43 bits per heavy atom. The van der Waals surface area contributed by atoms with Gasteiger partial charge in [0, 0.05) is 36.6 Å². The minimum Gasteiger partial charge on any atom is -0.318 e. The van der Waals surface area contributed by atoms with E-state index in [-0.39, 0.29) is 0 Å². The van der Waals surface area contributed by atoms with Crippen LogP contribution in [0.1, 0.15) is 76.0 Å². The quantitative estimate of drug-likeness (QED) is 0.0856. The van der Waals surface area contributed by atoms with Gasteiger partial charge in [0.1, 0.15) is 0 Å². The molecule has 1 heterocycles. The molecule has 0 spiro atoms. The van der Waals surface area contributed by atoms with Gasteiger partial charge in [0.15, 0.2) is 0 Å². The van der Waals surface area contributed by atoms with E-state index in [2.05, 4.69) is 46.1 Å². The second-order valence-corrected chi connectivity index (χ2v) is 9.89. The van der Waals surface area contributed by atoms with E-state index in [1.165, 1.54) is 19.4 Å². The number of nitrogens with zero attached hydrogens (tertiary/aromatic N) is 3. The van der Waals surface area contributed by atoms with Crippen LogP contribution in [0.5, 0.6) is 0 Å². The van der Waals surface area contributed by atoms with Crippen LogP contribution in [0.4, 0.5) is 0 Å². The molecule has 3 aromatic carbocycles. The number of hydrogen-bond acceptors (Lipinski definition) is 6. The van der Waals surface area contributed by atoms with E-state index in [1.54, 1.807) is 6.92 Å². The van der Waals surface area contributed by atoms with E-state index in [4.69, 9.17) is 9.68 Å². The molecule has 0 saturated heterocycles. The van der Waals surface area contributed by atoms with Crippen LogP contribution in [0.2, 0.25) is 0 Å². The van der Waals surface area contributed by atoms with Gasteiger partial charge in [-0.15, -0.1) is 0 Å². The number of fused-ring (bicyclic) bond motifs is 1. The highest BCUT2D eigenvalue weighted by atomic mass is 16.7. The van der Waals surface area contributed by atoms with Gasteiger partial charge in [-0.25, -0.2) is 9.59 Å². The maximum atomic E-state index is 11.7. The Kier molecular flexibility index (Phi) is 9.62. The highest BCUT2D eigenvalue weighted by Crippen LogP contribution is 2.29. The number of hydrogen-bond donors (Lipinski definition) is 0. The first-order valence-electron chi connectivity index (χ1n) is 13.6. The SMILES string of the molecule is CC(=O)O/N=C(\C)c1ccccc1-n1cc(/C(CCCCC(C)c2ccccc2)=N/OC(C)=O)c2ccccc21. The summed E-state index contributed by atoms with van der Waals surface area (Å²) in [6.45, 7) is 6.73. The van der Waals surface area contributed by atoms with Gasteiger partial charge in [-0.2, -0.15) is 0 Å². The normalized spacial score (nSPS) is 12.8. The largest absolute Gasteiger partial charge is 0.331 e. The van der Waals surface area contributed by atoms with Crippen molar-refractivity contribution in [3.8, 4) is 5.69 Å². The van der Waals surface area contributed by atoms with Crippen LogP contribution in [-0.2, 0) is 19.3 Å². The summed E-state index contributed by atoms with van der Waals surface area (Å²) < 4.78 is 2.08. The van der Waals surface area contributed by atoms with Crippen molar-refractivity contribution in [1.29, 1.82) is 0 Å². The molecule has 1 unspecified atom stereocenters. The molecule has 0 radical (unpaired) electrons. The van der Waals surface area contributed by atoms with Crippen LogP contribution in [0.15, 0.2) is 95.4 Å². The van der Waals surface area contributed by atoms with Crippen molar-refractivity contribution in [2.75, 3.05) is 0 Å². The van der Waals surface area contributed by atoms with Crippen molar-refractivity contribution in [2.24, 2.45) is 10.3 Å². The van der Waals surface area contributed by atoms with Gasteiger partial charge in [-0.05, 0) is 49.8 Å². The third-order valence-electron chi connectivity index (χ3n) is 6.84. The summed E-state index contributed by atoms with van der Waals surface area (Å²) in [6, 6.07) is 26.4. The molecule has 4 aromatic rings. The summed E-state index contributed by atoms with van der Waals surface area (Å²) in [4.78, 5) is 33.1. The third kappa shape index (κ3) is 7.11. The summed E-state index contributed by atoms with van der Waals surface area (Å²) in [5.74, 6) is -0.470. The van der Waals surface area contributed by atoms with Crippen LogP contribution in [0.25, 0.3) is 16.6 Å². The Hall–Kier alpha value is -4.52. The minimum absolute atomic E-state index is 0.457. The van der Waals surface area contributed by atoms with E-state index in [0.29, 0.717) is 18.1 Å².